The maximum Gasteiger partial charge on any atom is 0.305 e. The molecule has 1 aromatic carbocycles. The molecule has 1 N–H and O–H groups in total. The highest BCUT2D eigenvalue weighted by atomic mass is 35.5. The normalized spacial score (nSPS) is 10.8. The smallest absolute Gasteiger partial charge is 0.305 e. The van der Waals surface area contributed by atoms with Crippen LogP contribution in [-0.4, -0.2) is 34.8 Å². The fourth-order valence-corrected chi connectivity index (χ4v) is 2.85. The summed E-state index contributed by atoms with van der Waals surface area (Å²) in [5.41, 5.74) is 2.15. The Kier molecular flexibility index (Phi) is 7.21. The summed E-state index contributed by atoms with van der Waals surface area (Å²) in [5, 5.41) is 7.82. The van der Waals surface area contributed by atoms with Crippen molar-refractivity contribution in [1.82, 2.24) is 15.1 Å². The number of carbonyl (C=O) groups excluding carboxylic acids is 2. The van der Waals surface area contributed by atoms with Crippen LogP contribution in [0.3, 0.4) is 0 Å². The summed E-state index contributed by atoms with van der Waals surface area (Å²) >= 11 is 6.07. The summed E-state index contributed by atoms with van der Waals surface area (Å²) in [6, 6.07) is 7.34. The zero-order chi connectivity index (χ0) is 19.1. The number of esters is 1. The van der Waals surface area contributed by atoms with E-state index in [4.69, 9.17) is 16.3 Å². The second-order valence-electron chi connectivity index (χ2n) is 6.15. The average Bonchev–Trinajstić information content (AvgIpc) is 3.04. The molecule has 0 aliphatic heterocycles. The molecule has 0 spiro atoms. The van der Waals surface area contributed by atoms with Crippen molar-refractivity contribution in [2.75, 3.05) is 13.2 Å². The van der Waals surface area contributed by atoms with Crippen LogP contribution in [0.5, 0.6) is 0 Å². The fraction of sp³-hybridized carbons (Fsp3) is 0.421. The van der Waals surface area contributed by atoms with Gasteiger partial charge in [-0.2, -0.15) is 5.10 Å². The Bertz CT molecular complexity index is 771. The predicted molar refractivity (Wildman–Crippen MR) is 101 cm³/mol. The summed E-state index contributed by atoms with van der Waals surface area (Å²) in [4.78, 5) is 23.9. The first-order valence-corrected chi connectivity index (χ1v) is 9.09. The third-order valence-corrected chi connectivity index (χ3v) is 4.03. The number of nitrogens with one attached hydrogen (secondary N) is 1. The lowest BCUT2D eigenvalue weighted by Crippen LogP contribution is -2.26. The van der Waals surface area contributed by atoms with Crippen LogP contribution in [0.4, 0.5) is 0 Å². The van der Waals surface area contributed by atoms with E-state index in [2.05, 4.69) is 10.4 Å². The summed E-state index contributed by atoms with van der Waals surface area (Å²) in [7, 11) is 0. The molecule has 0 unspecified atom stereocenters. The number of ether oxygens (including phenoxy) is 1. The number of amides is 1. The molecule has 0 aliphatic carbocycles. The molecule has 0 atom stereocenters. The van der Waals surface area contributed by atoms with Gasteiger partial charge >= 0.3 is 5.97 Å². The van der Waals surface area contributed by atoms with Gasteiger partial charge in [-0.3, -0.25) is 9.59 Å². The highest BCUT2D eigenvalue weighted by Gasteiger charge is 2.20. The van der Waals surface area contributed by atoms with Crippen molar-refractivity contribution in [3.05, 3.63) is 46.7 Å². The van der Waals surface area contributed by atoms with Crippen LogP contribution < -0.4 is 5.32 Å². The lowest BCUT2D eigenvalue weighted by atomic mass is 10.0. The van der Waals surface area contributed by atoms with Crippen LogP contribution in [0.15, 0.2) is 30.5 Å². The molecule has 0 fully saturated rings. The van der Waals surface area contributed by atoms with Gasteiger partial charge in [-0.25, -0.2) is 4.68 Å². The summed E-state index contributed by atoms with van der Waals surface area (Å²) in [6.45, 7) is 6.55. The molecule has 1 heterocycles. The lowest BCUT2D eigenvalue weighted by Gasteiger charge is -2.13. The quantitative estimate of drug-likeness (QED) is 0.562. The average molecular weight is 378 g/mol. The minimum absolute atomic E-state index is 0.0942. The summed E-state index contributed by atoms with van der Waals surface area (Å²) in [6.07, 6.45) is 2.38. The molecule has 2 aromatic rings. The zero-order valence-corrected chi connectivity index (χ0v) is 16.0. The molecule has 1 amide bonds. The van der Waals surface area contributed by atoms with Crippen LogP contribution >= 0.6 is 11.6 Å². The number of hydrogen-bond donors (Lipinski definition) is 1. The molecular formula is C19H24ClN3O3. The number of carbonyl (C=O) groups is 2. The number of aromatic nitrogens is 2. The maximum absolute atomic E-state index is 12.5. The van der Waals surface area contributed by atoms with Gasteiger partial charge in [0.15, 0.2) is 0 Å². The number of hydrogen-bond acceptors (Lipinski definition) is 4. The van der Waals surface area contributed by atoms with Crippen molar-refractivity contribution >= 4 is 23.5 Å². The van der Waals surface area contributed by atoms with E-state index in [0.717, 1.165) is 11.4 Å². The molecule has 2 rings (SSSR count). The van der Waals surface area contributed by atoms with E-state index in [0.29, 0.717) is 30.2 Å². The molecule has 0 saturated carbocycles. The Morgan fingerprint density at radius 2 is 2.12 bits per heavy atom. The summed E-state index contributed by atoms with van der Waals surface area (Å²) < 4.78 is 6.61. The van der Waals surface area contributed by atoms with Crippen LogP contribution in [0.1, 0.15) is 55.6 Å². The summed E-state index contributed by atoms with van der Waals surface area (Å²) in [5.74, 6) is -0.360. The Hall–Kier alpha value is -2.34. The first kappa shape index (κ1) is 20.0. The second-order valence-corrected chi connectivity index (χ2v) is 6.59. The van der Waals surface area contributed by atoms with E-state index in [1.165, 1.54) is 0 Å². The first-order valence-electron chi connectivity index (χ1n) is 8.71. The van der Waals surface area contributed by atoms with Crippen molar-refractivity contribution < 1.29 is 14.3 Å². The molecule has 0 aliphatic rings. The van der Waals surface area contributed by atoms with Gasteiger partial charge in [0.2, 0.25) is 0 Å². The van der Waals surface area contributed by atoms with Crippen molar-refractivity contribution in [3.63, 3.8) is 0 Å². The van der Waals surface area contributed by atoms with Gasteiger partial charge in [-0.15, -0.1) is 0 Å². The topological polar surface area (TPSA) is 73.2 Å². The monoisotopic (exact) mass is 377 g/mol. The first-order chi connectivity index (χ1) is 12.4. The van der Waals surface area contributed by atoms with E-state index < -0.39 is 0 Å². The Morgan fingerprint density at radius 3 is 2.77 bits per heavy atom. The van der Waals surface area contributed by atoms with Gasteiger partial charge in [0.05, 0.1) is 29.7 Å². The number of nitrogens with zero attached hydrogens (tertiary/aromatic N) is 2. The standard InChI is InChI=1S/C19H24ClN3O3/c1-4-26-17(24)9-6-10-21-19(25)16-12-22-23(18(16)13(2)3)15-8-5-7-14(20)11-15/h5,7-8,11-13H,4,6,9-10H2,1-3H3,(H,21,25). The molecule has 0 saturated heterocycles. The van der Waals surface area contributed by atoms with E-state index >= 15 is 0 Å². The van der Waals surface area contributed by atoms with E-state index in [1.807, 2.05) is 32.0 Å². The van der Waals surface area contributed by atoms with Gasteiger partial charge in [0, 0.05) is 18.0 Å². The molecule has 0 radical (unpaired) electrons. The van der Waals surface area contributed by atoms with Crippen molar-refractivity contribution in [3.8, 4) is 5.69 Å². The number of halogens is 1. The van der Waals surface area contributed by atoms with Gasteiger partial charge in [0.25, 0.3) is 5.91 Å². The fourth-order valence-electron chi connectivity index (χ4n) is 2.67. The maximum atomic E-state index is 12.5. The Morgan fingerprint density at radius 1 is 1.35 bits per heavy atom. The van der Waals surface area contributed by atoms with Crippen LogP contribution in [-0.2, 0) is 9.53 Å². The third-order valence-electron chi connectivity index (χ3n) is 3.80. The third kappa shape index (κ3) is 5.08. The van der Waals surface area contributed by atoms with Crippen molar-refractivity contribution in [2.45, 2.75) is 39.5 Å². The highest BCUT2D eigenvalue weighted by molar-refractivity contribution is 6.30. The zero-order valence-electron chi connectivity index (χ0n) is 15.3. The van der Waals surface area contributed by atoms with E-state index in [-0.39, 0.29) is 24.2 Å². The molecule has 26 heavy (non-hydrogen) atoms. The molecule has 7 heteroatoms. The molecule has 140 valence electrons. The largest absolute Gasteiger partial charge is 0.466 e. The molecule has 0 bridgehead atoms. The van der Waals surface area contributed by atoms with Crippen molar-refractivity contribution in [1.29, 1.82) is 0 Å². The van der Waals surface area contributed by atoms with Gasteiger partial charge in [0.1, 0.15) is 0 Å². The SMILES string of the molecule is CCOC(=O)CCCNC(=O)c1cnn(-c2cccc(Cl)c2)c1C(C)C. The van der Waals surface area contributed by atoms with Crippen LogP contribution in [0, 0.1) is 0 Å². The Balaban J connectivity index is 2.09. The highest BCUT2D eigenvalue weighted by Crippen LogP contribution is 2.24. The molecular weight excluding hydrogens is 354 g/mol. The van der Waals surface area contributed by atoms with Gasteiger partial charge in [-0.05, 0) is 37.5 Å². The van der Waals surface area contributed by atoms with Gasteiger partial charge < -0.3 is 10.1 Å². The minimum Gasteiger partial charge on any atom is -0.466 e. The Labute approximate surface area is 158 Å². The second kappa shape index (κ2) is 9.38. The van der Waals surface area contributed by atoms with Crippen LogP contribution in [0.2, 0.25) is 5.02 Å². The van der Waals surface area contributed by atoms with E-state index in [1.54, 1.807) is 23.9 Å². The lowest BCUT2D eigenvalue weighted by molar-refractivity contribution is -0.143. The minimum atomic E-state index is -0.251. The number of rotatable bonds is 8. The van der Waals surface area contributed by atoms with Crippen LogP contribution in [0.25, 0.3) is 5.69 Å². The van der Waals surface area contributed by atoms with Gasteiger partial charge in [-0.1, -0.05) is 31.5 Å². The van der Waals surface area contributed by atoms with E-state index in [9.17, 15) is 9.59 Å². The van der Waals surface area contributed by atoms with Crippen molar-refractivity contribution in [2.24, 2.45) is 0 Å². The predicted octanol–water partition coefficient (Wildman–Crippen LogP) is 3.72. The molecule has 6 nitrogen and oxygen atoms in total. The number of benzene rings is 1. The molecule has 1 aromatic heterocycles.